The van der Waals surface area contributed by atoms with Crippen molar-refractivity contribution >= 4 is 5.69 Å². The quantitative estimate of drug-likeness (QED) is 0.685. The molecule has 0 aromatic heterocycles. The number of para-hydroxylation sites is 1. The number of hydrogen-bond donors (Lipinski definition) is 0. The summed E-state index contributed by atoms with van der Waals surface area (Å²) >= 11 is 0. The summed E-state index contributed by atoms with van der Waals surface area (Å²) in [6.45, 7) is 2.12. The fraction of sp³-hybridized carbons (Fsp3) is 0.273. The standard InChI is InChI=1S/C11H13NO/c1-2-11-12(8-9-13-11)10-6-4-3-5-7-10/h3-9,11H,2H2,1H3. The van der Waals surface area contributed by atoms with Gasteiger partial charge < -0.3 is 9.64 Å². The molecule has 1 aliphatic heterocycles. The molecule has 1 aromatic carbocycles. The van der Waals surface area contributed by atoms with Gasteiger partial charge in [-0.1, -0.05) is 25.1 Å². The number of benzene rings is 1. The molecule has 0 N–H and O–H groups in total. The Bertz CT molecular complexity index is 294. The van der Waals surface area contributed by atoms with Crippen LogP contribution >= 0.6 is 0 Å². The summed E-state index contributed by atoms with van der Waals surface area (Å²) in [7, 11) is 0. The average molecular weight is 175 g/mol. The van der Waals surface area contributed by atoms with Crippen molar-refractivity contribution in [2.24, 2.45) is 0 Å². The largest absolute Gasteiger partial charge is 0.476 e. The van der Waals surface area contributed by atoms with E-state index in [-0.39, 0.29) is 6.23 Å². The van der Waals surface area contributed by atoms with Crippen molar-refractivity contribution in [1.82, 2.24) is 0 Å². The first-order chi connectivity index (χ1) is 6.42. The maximum atomic E-state index is 5.41. The Morgan fingerprint density at radius 3 is 2.77 bits per heavy atom. The minimum Gasteiger partial charge on any atom is -0.476 e. The molecule has 2 heteroatoms. The second kappa shape index (κ2) is 3.52. The summed E-state index contributed by atoms with van der Waals surface area (Å²) in [5.41, 5.74) is 1.18. The molecule has 0 fully saturated rings. The topological polar surface area (TPSA) is 12.5 Å². The lowest BCUT2D eigenvalue weighted by molar-refractivity contribution is 0.167. The molecule has 68 valence electrons. The zero-order chi connectivity index (χ0) is 9.10. The van der Waals surface area contributed by atoms with Gasteiger partial charge in [0.25, 0.3) is 0 Å². The number of rotatable bonds is 2. The van der Waals surface area contributed by atoms with Crippen LogP contribution in [0.3, 0.4) is 0 Å². The van der Waals surface area contributed by atoms with E-state index in [1.807, 2.05) is 24.4 Å². The highest BCUT2D eigenvalue weighted by Crippen LogP contribution is 2.23. The van der Waals surface area contributed by atoms with Gasteiger partial charge >= 0.3 is 0 Å². The lowest BCUT2D eigenvalue weighted by atomic mass is 10.3. The molecule has 1 atom stereocenters. The van der Waals surface area contributed by atoms with Crippen molar-refractivity contribution in [2.75, 3.05) is 4.90 Å². The molecule has 1 heterocycles. The Labute approximate surface area is 78.4 Å². The van der Waals surface area contributed by atoms with E-state index in [4.69, 9.17) is 4.74 Å². The molecular weight excluding hydrogens is 162 g/mol. The Morgan fingerprint density at radius 2 is 2.08 bits per heavy atom. The fourth-order valence-electron chi connectivity index (χ4n) is 1.50. The third-order valence-corrected chi connectivity index (χ3v) is 2.17. The highest BCUT2D eigenvalue weighted by Gasteiger charge is 2.19. The number of hydrogen-bond acceptors (Lipinski definition) is 2. The summed E-state index contributed by atoms with van der Waals surface area (Å²) in [4.78, 5) is 2.14. The van der Waals surface area contributed by atoms with Crippen LogP contribution in [-0.2, 0) is 4.74 Å². The predicted octanol–water partition coefficient (Wildman–Crippen LogP) is 2.73. The summed E-state index contributed by atoms with van der Waals surface area (Å²) in [5, 5.41) is 0. The molecule has 2 rings (SSSR count). The fourth-order valence-corrected chi connectivity index (χ4v) is 1.50. The first kappa shape index (κ1) is 8.17. The Morgan fingerprint density at radius 1 is 1.31 bits per heavy atom. The molecule has 0 saturated carbocycles. The van der Waals surface area contributed by atoms with Crippen molar-refractivity contribution in [3.05, 3.63) is 42.8 Å². The van der Waals surface area contributed by atoms with Crippen molar-refractivity contribution in [3.8, 4) is 0 Å². The molecule has 13 heavy (non-hydrogen) atoms. The van der Waals surface area contributed by atoms with Crippen molar-refractivity contribution in [2.45, 2.75) is 19.6 Å². The van der Waals surface area contributed by atoms with E-state index in [1.165, 1.54) is 5.69 Å². The van der Waals surface area contributed by atoms with E-state index in [1.54, 1.807) is 6.26 Å². The van der Waals surface area contributed by atoms with Gasteiger partial charge in [0.1, 0.15) is 6.26 Å². The average Bonchev–Trinajstić information content (AvgIpc) is 2.67. The Hall–Kier alpha value is -1.44. The first-order valence-electron chi connectivity index (χ1n) is 4.57. The number of ether oxygens (including phenoxy) is 1. The minimum absolute atomic E-state index is 0.169. The van der Waals surface area contributed by atoms with E-state index in [9.17, 15) is 0 Å². The lowest BCUT2D eigenvalue weighted by Gasteiger charge is -2.22. The molecular formula is C11H13NO. The molecule has 1 unspecified atom stereocenters. The van der Waals surface area contributed by atoms with Crippen LogP contribution in [0.4, 0.5) is 5.69 Å². The van der Waals surface area contributed by atoms with Crippen LogP contribution < -0.4 is 4.90 Å². The van der Waals surface area contributed by atoms with Crippen LogP contribution in [0.1, 0.15) is 13.3 Å². The SMILES string of the molecule is CCC1OC=CN1c1ccccc1. The van der Waals surface area contributed by atoms with Gasteiger partial charge in [0.05, 0.1) is 0 Å². The van der Waals surface area contributed by atoms with E-state index in [2.05, 4.69) is 24.0 Å². The molecule has 1 aromatic rings. The van der Waals surface area contributed by atoms with Gasteiger partial charge in [0, 0.05) is 18.3 Å². The highest BCUT2D eigenvalue weighted by atomic mass is 16.5. The minimum atomic E-state index is 0.169. The van der Waals surface area contributed by atoms with Crippen molar-refractivity contribution < 1.29 is 4.74 Å². The van der Waals surface area contributed by atoms with E-state index < -0.39 is 0 Å². The zero-order valence-electron chi connectivity index (χ0n) is 7.68. The Kier molecular flexibility index (Phi) is 2.21. The first-order valence-corrected chi connectivity index (χ1v) is 4.57. The summed E-state index contributed by atoms with van der Waals surface area (Å²) in [6.07, 6.45) is 4.88. The van der Waals surface area contributed by atoms with Crippen LogP contribution in [0.25, 0.3) is 0 Å². The zero-order valence-corrected chi connectivity index (χ0v) is 7.68. The summed E-state index contributed by atoms with van der Waals surface area (Å²) in [6, 6.07) is 10.3. The van der Waals surface area contributed by atoms with E-state index >= 15 is 0 Å². The van der Waals surface area contributed by atoms with E-state index in [0.29, 0.717) is 0 Å². The molecule has 0 radical (unpaired) electrons. The van der Waals surface area contributed by atoms with Crippen LogP contribution in [-0.4, -0.2) is 6.23 Å². The van der Waals surface area contributed by atoms with Crippen molar-refractivity contribution in [3.63, 3.8) is 0 Å². The smallest absolute Gasteiger partial charge is 0.175 e. The van der Waals surface area contributed by atoms with Gasteiger partial charge in [-0.2, -0.15) is 0 Å². The highest BCUT2D eigenvalue weighted by molar-refractivity contribution is 5.50. The third kappa shape index (κ3) is 1.52. The van der Waals surface area contributed by atoms with Crippen molar-refractivity contribution in [1.29, 1.82) is 0 Å². The Balaban J connectivity index is 2.21. The van der Waals surface area contributed by atoms with E-state index in [0.717, 1.165) is 6.42 Å². The lowest BCUT2D eigenvalue weighted by Crippen LogP contribution is -2.26. The number of anilines is 1. The molecule has 1 aliphatic rings. The molecule has 0 saturated heterocycles. The molecule has 0 amide bonds. The van der Waals surface area contributed by atoms with Crippen LogP contribution in [0.15, 0.2) is 42.8 Å². The van der Waals surface area contributed by atoms with Crippen LogP contribution in [0, 0.1) is 0 Å². The maximum absolute atomic E-state index is 5.41. The predicted molar refractivity (Wildman–Crippen MR) is 53.2 cm³/mol. The molecule has 0 spiro atoms. The van der Waals surface area contributed by atoms with Gasteiger partial charge in [-0.3, -0.25) is 0 Å². The van der Waals surface area contributed by atoms with Gasteiger partial charge in [-0.25, -0.2) is 0 Å². The monoisotopic (exact) mass is 175 g/mol. The number of nitrogens with zero attached hydrogens (tertiary/aromatic N) is 1. The van der Waals surface area contributed by atoms with Gasteiger partial charge in [-0.05, 0) is 12.1 Å². The summed E-state index contributed by atoms with van der Waals surface area (Å²) in [5.74, 6) is 0. The normalized spacial score (nSPS) is 20.4. The molecule has 0 bridgehead atoms. The second-order valence-electron chi connectivity index (χ2n) is 3.03. The summed E-state index contributed by atoms with van der Waals surface area (Å²) < 4.78 is 5.41. The molecule has 0 aliphatic carbocycles. The van der Waals surface area contributed by atoms with Gasteiger partial charge in [-0.15, -0.1) is 0 Å². The van der Waals surface area contributed by atoms with Crippen LogP contribution in [0.5, 0.6) is 0 Å². The van der Waals surface area contributed by atoms with Crippen LogP contribution in [0.2, 0.25) is 0 Å². The van der Waals surface area contributed by atoms with Gasteiger partial charge in [0.2, 0.25) is 0 Å². The second-order valence-corrected chi connectivity index (χ2v) is 3.03. The molecule has 2 nitrogen and oxygen atoms in total. The maximum Gasteiger partial charge on any atom is 0.175 e. The third-order valence-electron chi connectivity index (χ3n) is 2.17. The van der Waals surface area contributed by atoms with Gasteiger partial charge in [0.15, 0.2) is 6.23 Å².